The molecule has 0 unspecified atom stereocenters. The van der Waals surface area contributed by atoms with Crippen LogP contribution in [0.4, 0.5) is 0 Å². The van der Waals surface area contributed by atoms with Gasteiger partial charge >= 0.3 is 5.69 Å². The Bertz CT molecular complexity index is 1020. The standard InChI is InChI=1S/C13H20N4O2/c1-4-5-6-7-8-17-12(18)10-11(14-9-15(10)2)16(3)13(17)19/h9H,4-8H2,1-3H3/i1D3,4D2,5D2,7D2. The summed E-state index contributed by atoms with van der Waals surface area (Å²) in [7, 11) is 2.86. The smallest absolute Gasteiger partial charge is 0.328 e. The molecule has 0 aliphatic heterocycles. The second-order valence-electron chi connectivity index (χ2n) is 3.99. The molecule has 0 aliphatic carbocycles. The molecule has 6 heteroatoms. The maximum Gasteiger partial charge on any atom is 0.332 e. The van der Waals surface area contributed by atoms with Gasteiger partial charge in [-0.2, -0.15) is 0 Å². The molecule has 6 nitrogen and oxygen atoms in total. The zero-order chi connectivity index (χ0) is 21.9. The van der Waals surface area contributed by atoms with Crippen LogP contribution in [0, 0.1) is 0 Å². The summed E-state index contributed by atoms with van der Waals surface area (Å²) in [5.74, 6) is 0. The minimum atomic E-state index is -3.34. The molecule has 0 aromatic carbocycles. The second-order valence-corrected chi connectivity index (χ2v) is 3.99. The van der Waals surface area contributed by atoms with Gasteiger partial charge in [-0.3, -0.25) is 13.9 Å². The van der Waals surface area contributed by atoms with E-state index in [-0.39, 0.29) is 11.2 Å². The molecule has 0 N–H and O–H groups in total. The van der Waals surface area contributed by atoms with Gasteiger partial charge in [0.1, 0.15) is 0 Å². The van der Waals surface area contributed by atoms with E-state index in [9.17, 15) is 9.59 Å². The summed E-state index contributed by atoms with van der Waals surface area (Å²) in [6, 6.07) is 0. The van der Waals surface area contributed by atoms with Crippen LogP contribution >= 0.6 is 0 Å². The fraction of sp³-hybridized carbons (Fsp3) is 0.615. The first-order valence-corrected chi connectivity index (χ1v) is 5.54. The van der Waals surface area contributed by atoms with Crippen molar-refractivity contribution >= 4 is 11.2 Å². The van der Waals surface area contributed by atoms with E-state index in [0.717, 1.165) is 4.57 Å². The molecule has 0 saturated carbocycles. The monoisotopic (exact) mass is 273 g/mol. The van der Waals surface area contributed by atoms with Gasteiger partial charge in [0.15, 0.2) is 11.2 Å². The lowest BCUT2D eigenvalue weighted by atomic mass is 10.2. The maximum absolute atomic E-state index is 12.6. The van der Waals surface area contributed by atoms with E-state index < -0.39 is 50.2 Å². The molecule has 2 aromatic rings. The van der Waals surface area contributed by atoms with Crippen molar-refractivity contribution in [3.8, 4) is 0 Å². The molecule has 2 heterocycles. The van der Waals surface area contributed by atoms with Crippen molar-refractivity contribution in [2.75, 3.05) is 0 Å². The highest BCUT2D eigenvalue weighted by atomic mass is 16.2. The van der Waals surface area contributed by atoms with Crippen molar-refractivity contribution in [3.63, 3.8) is 0 Å². The molecular formula is C13H20N4O2. The Labute approximate surface area is 123 Å². The van der Waals surface area contributed by atoms with Crippen LogP contribution in [0.2, 0.25) is 0 Å². The van der Waals surface area contributed by atoms with Gasteiger partial charge in [0.2, 0.25) is 0 Å². The van der Waals surface area contributed by atoms with Crippen LogP contribution < -0.4 is 11.2 Å². The SMILES string of the molecule is [2H]C([2H])(Cn1c(=O)c2c(ncn2C)n(C)c1=O)CC([2H])([2H])C([2H])([2H])C([2H])([2H])[2H]. The minimum absolute atomic E-state index is 0.0405. The maximum atomic E-state index is 12.6. The molecule has 0 radical (unpaired) electrons. The number of imidazole rings is 1. The van der Waals surface area contributed by atoms with Crippen molar-refractivity contribution in [2.45, 2.75) is 38.9 Å². The van der Waals surface area contributed by atoms with Crippen LogP contribution in [-0.4, -0.2) is 18.7 Å². The summed E-state index contributed by atoms with van der Waals surface area (Å²) >= 11 is 0. The summed E-state index contributed by atoms with van der Waals surface area (Å²) in [6.07, 6.45) is -8.88. The number of hydrogen-bond donors (Lipinski definition) is 0. The lowest BCUT2D eigenvalue weighted by Crippen LogP contribution is -2.39. The highest BCUT2D eigenvalue weighted by molar-refractivity contribution is 5.69. The molecule has 2 rings (SSSR count). The van der Waals surface area contributed by atoms with Gasteiger partial charge < -0.3 is 4.57 Å². The fourth-order valence-corrected chi connectivity index (χ4v) is 1.81. The Morgan fingerprint density at radius 3 is 2.89 bits per heavy atom. The molecule has 0 atom stereocenters. The third-order valence-electron chi connectivity index (χ3n) is 2.77. The average molecular weight is 273 g/mol. The average Bonchev–Trinajstić information content (AvgIpc) is 2.89. The third kappa shape index (κ3) is 2.34. The van der Waals surface area contributed by atoms with Gasteiger partial charge in [-0.05, 0) is 6.37 Å². The van der Waals surface area contributed by atoms with Crippen LogP contribution in [0.15, 0.2) is 15.9 Å². The van der Waals surface area contributed by atoms with E-state index in [1.54, 1.807) is 0 Å². The Morgan fingerprint density at radius 2 is 2.16 bits per heavy atom. The first kappa shape index (κ1) is 6.07. The number of hydrogen-bond acceptors (Lipinski definition) is 3. The molecular weight excluding hydrogens is 244 g/mol. The lowest BCUT2D eigenvalue weighted by Gasteiger charge is -2.08. The topological polar surface area (TPSA) is 61.8 Å². The Balaban J connectivity index is 2.49. The first-order chi connectivity index (χ1) is 12.4. The number of nitrogens with zero attached hydrogens (tertiary/aromatic N) is 4. The summed E-state index contributed by atoms with van der Waals surface area (Å²) in [5, 5.41) is 0. The normalized spacial score (nSPS) is 21.3. The van der Waals surface area contributed by atoms with Crippen LogP contribution in [0.5, 0.6) is 0 Å². The van der Waals surface area contributed by atoms with Crippen LogP contribution in [0.3, 0.4) is 0 Å². The van der Waals surface area contributed by atoms with E-state index in [2.05, 4.69) is 4.98 Å². The van der Waals surface area contributed by atoms with Gasteiger partial charge in [0.05, 0.1) is 6.33 Å². The van der Waals surface area contributed by atoms with Gasteiger partial charge in [0, 0.05) is 33.0 Å². The molecule has 104 valence electrons. The Hall–Kier alpha value is -1.85. The highest BCUT2D eigenvalue weighted by Gasteiger charge is 2.14. The quantitative estimate of drug-likeness (QED) is 0.817. The van der Waals surface area contributed by atoms with E-state index in [1.807, 2.05) is 0 Å². The molecule has 0 fully saturated rings. The highest BCUT2D eigenvalue weighted by Crippen LogP contribution is 2.04. The lowest BCUT2D eigenvalue weighted by molar-refractivity contribution is 0.539. The number of aryl methyl sites for hydroxylation is 2. The van der Waals surface area contributed by atoms with E-state index in [0.29, 0.717) is 4.57 Å². The van der Waals surface area contributed by atoms with Gasteiger partial charge in [-0.1, -0.05) is 26.0 Å². The zero-order valence-corrected chi connectivity index (χ0v) is 10.6. The molecule has 0 aliphatic rings. The van der Waals surface area contributed by atoms with Gasteiger partial charge in [0.25, 0.3) is 5.56 Å². The number of aromatic nitrogens is 4. The van der Waals surface area contributed by atoms with Crippen molar-refractivity contribution < 1.29 is 12.3 Å². The zero-order valence-electron chi connectivity index (χ0n) is 19.6. The van der Waals surface area contributed by atoms with Crippen LogP contribution in [-0.2, 0) is 20.6 Å². The second kappa shape index (κ2) is 5.42. The van der Waals surface area contributed by atoms with Crippen LogP contribution in [0.25, 0.3) is 11.2 Å². The minimum Gasteiger partial charge on any atom is -0.328 e. The molecule has 19 heavy (non-hydrogen) atoms. The van der Waals surface area contributed by atoms with E-state index >= 15 is 0 Å². The number of rotatable bonds is 5. The van der Waals surface area contributed by atoms with E-state index in [4.69, 9.17) is 12.3 Å². The van der Waals surface area contributed by atoms with Crippen molar-refractivity contribution in [3.05, 3.63) is 27.2 Å². The summed E-state index contributed by atoms with van der Waals surface area (Å²) < 4.78 is 71.4. The fourth-order valence-electron chi connectivity index (χ4n) is 1.81. The summed E-state index contributed by atoms with van der Waals surface area (Å²) in [5.41, 5.74) is -1.57. The number of fused-ring (bicyclic) bond motifs is 1. The summed E-state index contributed by atoms with van der Waals surface area (Å²) in [6.45, 7) is -4.20. The van der Waals surface area contributed by atoms with Crippen molar-refractivity contribution in [1.82, 2.24) is 18.7 Å². The predicted molar refractivity (Wildman–Crippen MR) is 74.4 cm³/mol. The molecule has 2 aromatic heterocycles. The predicted octanol–water partition coefficient (Wildman–Crippen LogP) is 1.01. The molecule has 0 spiro atoms. The molecule has 0 bridgehead atoms. The van der Waals surface area contributed by atoms with Crippen LogP contribution in [0.1, 0.15) is 44.7 Å². The molecule has 0 saturated heterocycles. The summed E-state index contributed by atoms with van der Waals surface area (Å²) in [4.78, 5) is 29.1. The van der Waals surface area contributed by atoms with E-state index in [1.165, 1.54) is 25.0 Å². The third-order valence-corrected chi connectivity index (χ3v) is 2.77. The Kier molecular flexibility index (Phi) is 1.73. The van der Waals surface area contributed by atoms with Gasteiger partial charge in [-0.25, -0.2) is 9.78 Å². The first-order valence-electron chi connectivity index (χ1n) is 10.0. The van der Waals surface area contributed by atoms with Gasteiger partial charge in [-0.15, -0.1) is 0 Å². The largest absolute Gasteiger partial charge is 0.332 e. The molecule has 0 amide bonds. The Morgan fingerprint density at radius 1 is 1.37 bits per heavy atom. The van der Waals surface area contributed by atoms with Crippen molar-refractivity contribution in [2.24, 2.45) is 14.1 Å². The van der Waals surface area contributed by atoms with Crippen molar-refractivity contribution in [1.29, 1.82) is 0 Å².